The van der Waals surface area contributed by atoms with Crippen molar-refractivity contribution in [1.29, 1.82) is 0 Å². The lowest BCUT2D eigenvalue weighted by Gasteiger charge is -2.37. The molecule has 0 saturated heterocycles. The molecule has 104 valence electrons. The third-order valence-corrected chi connectivity index (χ3v) is 4.20. The average molecular weight is 291 g/mol. The zero-order valence-electron chi connectivity index (χ0n) is 11.4. The molecule has 1 aliphatic heterocycles. The minimum absolute atomic E-state index is 0.210. The molecule has 0 bridgehead atoms. The van der Waals surface area contributed by atoms with E-state index in [2.05, 4.69) is 36.6 Å². The van der Waals surface area contributed by atoms with Gasteiger partial charge in [0.05, 0.1) is 12.2 Å². The molecule has 0 spiro atoms. The predicted molar refractivity (Wildman–Crippen MR) is 75.2 cm³/mol. The molecule has 1 aliphatic carbocycles. The molecular weight excluding hydrogens is 276 g/mol. The molecule has 1 fully saturated rings. The van der Waals surface area contributed by atoms with Crippen molar-refractivity contribution >= 4 is 17.4 Å². The average Bonchev–Trinajstić information content (AvgIpc) is 3.20. The lowest BCUT2D eigenvalue weighted by atomic mass is 10.1. The molecule has 2 aliphatic rings. The summed E-state index contributed by atoms with van der Waals surface area (Å²) in [6.07, 6.45) is 5.14. The van der Waals surface area contributed by atoms with E-state index >= 15 is 0 Å². The van der Waals surface area contributed by atoms with Crippen LogP contribution in [-0.2, 0) is 0 Å². The van der Waals surface area contributed by atoms with Crippen molar-refractivity contribution in [2.75, 3.05) is 4.90 Å². The molecule has 4 rings (SSSR count). The van der Waals surface area contributed by atoms with Gasteiger partial charge >= 0.3 is 0 Å². The summed E-state index contributed by atoms with van der Waals surface area (Å²) < 4.78 is 2.05. The Bertz CT molecular complexity index is 677. The van der Waals surface area contributed by atoms with E-state index in [1.807, 2.05) is 6.92 Å². The van der Waals surface area contributed by atoms with E-state index in [0.717, 1.165) is 29.6 Å². The van der Waals surface area contributed by atoms with E-state index < -0.39 is 0 Å². The number of nitrogens with zero attached hydrogens (tertiary/aromatic N) is 6. The number of rotatable bonds is 2. The molecule has 7 heteroatoms. The van der Waals surface area contributed by atoms with Crippen LogP contribution in [0.25, 0.3) is 5.69 Å². The normalized spacial score (nSPS) is 20.8. The van der Waals surface area contributed by atoms with Crippen LogP contribution in [-0.4, -0.2) is 30.8 Å². The van der Waals surface area contributed by atoms with Gasteiger partial charge in [0.1, 0.15) is 11.5 Å². The van der Waals surface area contributed by atoms with Crippen LogP contribution < -0.4 is 4.90 Å². The summed E-state index contributed by atoms with van der Waals surface area (Å²) >= 11 is 6.01. The number of fused-ring (bicyclic) bond motifs is 3. The molecule has 0 aromatic carbocycles. The molecule has 0 radical (unpaired) electrons. The van der Waals surface area contributed by atoms with Gasteiger partial charge in [-0.1, -0.05) is 6.92 Å². The van der Waals surface area contributed by atoms with Crippen molar-refractivity contribution in [1.82, 2.24) is 24.7 Å². The highest BCUT2D eigenvalue weighted by atomic mass is 35.5. The molecule has 2 aromatic heterocycles. The molecule has 1 atom stereocenters. The van der Waals surface area contributed by atoms with Gasteiger partial charge in [-0.05, 0) is 37.8 Å². The van der Waals surface area contributed by atoms with E-state index in [1.165, 1.54) is 12.8 Å². The van der Waals surface area contributed by atoms with E-state index in [0.29, 0.717) is 11.3 Å². The van der Waals surface area contributed by atoms with Crippen LogP contribution in [0.4, 0.5) is 5.82 Å². The topological polar surface area (TPSA) is 59.7 Å². The fourth-order valence-corrected chi connectivity index (χ4v) is 3.15. The second-order valence-electron chi connectivity index (χ2n) is 5.35. The second kappa shape index (κ2) is 4.15. The summed E-state index contributed by atoms with van der Waals surface area (Å²) in [7, 11) is 0. The third kappa shape index (κ3) is 1.57. The van der Waals surface area contributed by atoms with Gasteiger partial charge in [0.2, 0.25) is 5.28 Å². The first-order valence-electron chi connectivity index (χ1n) is 6.94. The van der Waals surface area contributed by atoms with E-state index in [4.69, 9.17) is 11.6 Å². The summed E-state index contributed by atoms with van der Waals surface area (Å²) in [6.45, 7) is 4.12. The van der Waals surface area contributed by atoms with E-state index in [-0.39, 0.29) is 6.04 Å². The largest absolute Gasteiger partial charge is 0.341 e. The van der Waals surface area contributed by atoms with Crippen LogP contribution in [0.15, 0.2) is 6.20 Å². The fraction of sp³-hybridized carbons (Fsp3) is 0.538. The summed E-state index contributed by atoms with van der Waals surface area (Å²) in [5.41, 5.74) is 0.934. The lowest BCUT2D eigenvalue weighted by Crippen LogP contribution is -2.37. The van der Waals surface area contributed by atoms with Crippen molar-refractivity contribution in [2.24, 2.45) is 0 Å². The smallest absolute Gasteiger partial charge is 0.224 e. The Morgan fingerprint density at radius 3 is 2.85 bits per heavy atom. The Kier molecular flexibility index (Phi) is 2.51. The van der Waals surface area contributed by atoms with E-state index in [9.17, 15) is 0 Å². The maximum absolute atomic E-state index is 6.01. The summed E-state index contributed by atoms with van der Waals surface area (Å²) in [5, 5.41) is 8.89. The monoisotopic (exact) mass is 290 g/mol. The molecule has 0 unspecified atom stereocenters. The predicted octanol–water partition coefficient (Wildman–Crippen LogP) is 2.45. The van der Waals surface area contributed by atoms with Crippen molar-refractivity contribution in [3.63, 3.8) is 0 Å². The lowest BCUT2D eigenvalue weighted by molar-refractivity contribution is 0.531. The van der Waals surface area contributed by atoms with Crippen molar-refractivity contribution in [3.8, 4) is 5.69 Å². The Hall–Kier alpha value is -1.69. The zero-order chi connectivity index (χ0) is 13.9. The second-order valence-corrected chi connectivity index (χ2v) is 5.69. The van der Waals surface area contributed by atoms with Crippen LogP contribution >= 0.6 is 11.6 Å². The van der Waals surface area contributed by atoms with Crippen molar-refractivity contribution < 1.29 is 0 Å². The van der Waals surface area contributed by atoms with Gasteiger partial charge in [0.15, 0.2) is 11.6 Å². The number of hydrogen-bond donors (Lipinski definition) is 0. The highest BCUT2D eigenvalue weighted by Crippen LogP contribution is 2.45. The van der Waals surface area contributed by atoms with Gasteiger partial charge in [-0.3, -0.25) is 4.57 Å². The summed E-state index contributed by atoms with van der Waals surface area (Å²) in [4.78, 5) is 11.0. The quantitative estimate of drug-likeness (QED) is 0.795. The first kappa shape index (κ1) is 12.1. The van der Waals surface area contributed by atoms with Crippen LogP contribution in [0.2, 0.25) is 5.28 Å². The number of aryl methyl sites for hydroxylation is 1. The fourth-order valence-electron chi connectivity index (χ4n) is 3.02. The van der Waals surface area contributed by atoms with Gasteiger partial charge in [0, 0.05) is 6.04 Å². The first-order chi connectivity index (χ1) is 9.70. The minimum atomic E-state index is 0.210. The van der Waals surface area contributed by atoms with Crippen molar-refractivity contribution in [2.45, 2.75) is 45.2 Å². The number of anilines is 1. The van der Waals surface area contributed by atoms with Gasteiger partial charge in [-0.2, -0.15) is 4.98 Å². The standard InChI is InChI=1S/C13H15ClN6/c1-3-9-12-18-17-7(2)19(12)10-6-15-13(14)16-11(10)20(9)8-4-5-8/h6,8-9H,3-5H2,1-2H3/t9-/m1/s1. The summed E-state index contributed by atoms with van der Waals surface area (Å²) in [6, 6.07) is 0.748. The van der Waals surface area contributed by atoms with Crippen LogP contribution in [0.3, 0.4) is 0 Å². The Morgan fingerprint density at radius 1 is 1.35 bits per heavy atom. The van der Waals surface area contributed by atoms with Crippen molar-refractivity contribution in [3.05, 3.63) is 23.1 Å². The Labute approximate surface area is 121 Å². The van der Waals surface area contributed by atoms with Gasteiger partial charge in [-0.15, -0.1) is 10.2 Å². The third-order valence-electron chi connectivity index (χ3n) is 4.02. The molecule has 6 nitrogen and oxygen atoms in total. The molecular formula is C13H15ClN6. The van der Waals surface area contributed by atoms with Crippen LogP contribution in [0.1, 0.15) is 43.9 Å². The molecule has 2 aromatic rings. The number of halogens is 1. The van der Waals surface area contributed by atoms with Gasteiger partial charge < -0.3 is 4.90 Å². The molecule has 1 saturated carbocycles. The highest BCUT2D eigenvalue weighted by molar-refractivity contribution is 6.28. The van der Waals surface area contributed by atoms with E-state index in [1.54, 1.807) is 6.20 Å². The summed E-state index contributed by atoms with van der Waals surface area (Å²) in [5.74, 6) is 2.76. The minimum Gasteiger partial charge on any atom is -0.341 e. The van der Waals surface area contributed by atoms with Crippen LogP contribution in [0, 0.1) is 6.92 Å². The molecule has 20 heavy (non-hydrogen) atoms. The molecule has 3 heterocycles. The number of hydrogen-bond acceptors (Lipinski definition) is 5. The first-order valence-corrected chi connectivity index (χ1v) is 7.31. The maximum Gasteiger partial charge on any atom is 0.224 e. The maximum atomic E-state index is 6.01. The Morgan fingerprint density at radius 2 is 2.15 bits per heavy atom. The van der Waals surface area contributed by atoms with Crippen LogP contribution in [0.5, 0.6) is 0 Å². The molecule has 0 amide bonds. The SMILES string of the molecule is CC[C@@H]1c2nnc(C)n2-c2cnc(Cl)nc2N1C1CC1. The zero-order valence-corrected chi connectivity index (χ0v) is 12.2. The highest BCUT2D eigenvalue weighted by Gasteiger charge is 2.42. The molecule has 0 N–H and O–H groups in total. The van der Waals surface area contributed by atoms with Gasteiger partial charge in [-0.25, -0.2) is 4.98 Å². The van der Waals surface area contributed by atoms with Gasteiger partial charge in [0.25, 0.3) is 0 Å². The number of aromatic nitrogens is 5. The Balaban J connectivity index is 1.99.